The van der Waals surface area contributed by atoms with Crippen molar-refractivity contribution in [2.45, 2.75) is 38.4 Å². The average Bonchev–Trinajstić information content (AvgIpc) is 2.99. The molecule has 2 aromatic rings. The summed E-state index contributed by atoms with van der Waals surface area (Å²) in [7, 11) is 0. The molecule has 144 valence electrons. The van der Waals surface area contributed by atoms with E-state index >= 15 is 0 Å². The Hall–Kier alpha value is -2.41. The maximum absolute atomic E-state index is 14.2. The smallest absolute Gasteiger partial charge is 0.280 e. The van der Waals surface area contributed by atoms with Crippen molar-refractivity contribution in [3.05, 3.63) is 42.3 Å². The SMILES string of the molecule is Cc1cc2cc(OCC3=NC(C)N(C4CCNCC4(F)F)C=C3)ccc2o1. The van der Waals surface area contributed by atoms with E-state index in [9.17, 15) is 8.78 Å². The number of ether oxygens (including phenoxy) is 1. The van der Waals surface area contributed by atoms with Crippen molar-refractivity contribution in [1.82, 2.24) is 10.2 Å². The van der Waals surface area contributed by atoms with Gasteiger partial charge >= 0.3 is 0 Å². The van der Waals surface area contributed by atoms with Crippen LogP contribution in [-0.4, -0.2) is 48.4 Å². The molecule has 0 radical (unpaired) electrons. The van der Waals surface area contributed by atoms with E-state index in [1.807, 2.05) is 38.1 Å². The highest BCUT2D eigenvalue weighted by atomic mass is 19.3. The number of aliphatic imine (C=N–C) groups is 1. The molecule has 0 spiro atoms. The van der Waals surface area contributed by atoms with Crippen molar-refractivity contribution in [3.63, 3.8) is 0 Å². The number of furan rings is 1. The van der Waals surface area contributed by atoms with Crippen molar-refractivity contribution in [2.75, 3.05) is 19.7 Å². The molecule has 1 saturated heterocycles. The van der Waals surface area contributed by atoms with Crippen molar-refractivity contribution >= 4 is 16.7 Å². The third-order valence-corrected chi connectivity index (χ3v) is 5.02. The molecule has 2 atom stereocenters. The molecule has 1 aromatic carbocycles. The molecule has 27 heavy (non-hydrogen) atoms. The van der Waals surface area contributed by atoms with Crippen LogP contribution in [0.15, 0.2) is 46.0 Å². The molecule has 0 amide bonds. The molecule has 4 rings (SSSR count). The highest BCUT2D eigenvalue weighted by Crippen LogP contribution is 2.31. The fourth-order valence-electron chi connectivity index (χ4n) is 3.69. The summed E-state index contributed by atoms with van der Waals surface area (Å²) in [5, 5.41) is 3.74. The van der Waals surface area contributed by atoms with Gasteiger partial charge in [-0.25, -0.2) is 8.78 Å². The molecule has 3 heterocycles. The van der Waals surface area contributed by atoms with Crippen LogP contribution in [0.3, 0.4) is 0 Å². The van der Waals surface area contributed by atoms with Gasteiger partial charge in [0, 0.05) is 11.6 Å². The molecule has 1 aromatic heterocycles. The summed E-state index contributed by atoms with van der Waals surface area (Å²) in [6.07, 6.45) is 3.54. The van der Waals surface area contributed by atoms with Crippen LogP contribution in [0.4, 0.5) is 8.78 Å². The van der Waals surface area contributed by atoms with Crippen LogP contribution in [0.25, 0.3) is 11.0 Å². The molecule has 2 unspecified atom stereocenters. The van der Waals surface area contributed by atoms with Crippen LogP contribution in [0.1, 0.15) is 19.1 Å². The van der Waals surface area contributed by atoms with Crippen LogP contribution in [-0.2, 0) is 0 Å². The van der Waals surface area contributed by atoms with E-state index in [4.69, 9.17) is 9.15 Å². The highest BCUT2D eigenvalue weighted by molar-refractivity contribution is 5.96. The predicted molar refractivity (Wildman–Crippen MR) is 101 cm³/mol. The number of nitrogens with one attached hydrogen (secondary N) is 1. The summed E-state index contributed by atoms with van der Waals surface area (Å²) in [4.78, 5) is 6.20. The van der Waals surface area contributed by atoms with Gasteiger partial charge in [-0.1, -0.05) is 0 Å². The lowest BCUT2D eigenvalue weighted by molar-refractivity contribution is -0.0906. The maximum atomic E-state index is 14.2. The highest BCUT2D eigenvalue weighted by Gasteiger charge is 2.45. The molecule has 1 fully saturated rings. The van der Waals surface area contributed by atoms with Crippen LogP contribution in [0, 0.1) is 6.92 Å². The topological polar surface area (TPSA) is 50.0 Å². The van der Waals surface area contributed by atoms with Gasteiger partial charge in [-0.3, -0.25) is 4.99 Å². The molecule has 7 heteroatoms. The number of hydrogen-bond acceptors (Lipinski definition) is 5. The zero-order chi connectivity index (χ0) is 19.0. The Morgan fingerprint density at radius 1 is 1.37 bits per heavy atom. The van der Waals surface area contributed by atoms with Gasteiger partial charge in [0.05, 0.1) is 18.3 Å². The third-order valence-electron chi connectivity index (χ3n) is 5.02. The van der Waals surface area contributed by atoms with Gasteiger partial charge in [0.1, 0.15) is 29.9 Å². The number of fused-ring (bicyclic) bond motifs is 1. The number of benzene rings is 1. The van der Waals surface area contributed by atoms with Crippen LogP contribution >= 0.6 is 0 Å². The van der Waals surface area contributed by atoms with E-state index < -0.39 is 12.0 Å². The zero-order valence-corrected chi connectivity index (χ0v) is 15.4. The second-order valence-corrected chi connectivity index (χ2v) is 7.10. The zero-order valence-electron chi connectivity index (χ0n) is 15.4. The quantitative estimate of drug-likeness (QED) is 0.885. The summed E-state index contributed by atoms with van der Waals surface area (Å²) in [6.45, 7) is 4.33. The van der Waals surface area contributed by atoms with Crippen molar-refractivity contribution in [1.29, 1.82) is 0 Å². The maximum Gasteiger partial charge on any atom is 0.280 e. The fraction of sp³-hybridized carbons (Fsp3) is 0.450. The Balaban J connectivity index is 1.41. The summed E-state index contributed by atoms with van der Waals surface area (Å²) < 4.78 is 39.8. The summed E-state index contributed by atoms with van der Waals surface area (Å²) in [5.41, 5.74) is 1.56. The van der Waals surface area contributed by atoms with Crippen molar-refractivity contribution in [3.8, 4) is 5.75 Å². The first-order valence-electron chi connectivity index (χ1n) is 9.16. The van der Waals surface area contributed by atoms with E-state index in [1.165, 1.54) is 0 Å². The monoisotopic (exact) mass is 375 g/mol. The second-order valence-electron chi connectivity index (χ2n) is 7.10. The van der Waals surface area contributed by atoms with E-state index in [0.29, 0.717) is 19.6 Å². The van der Waals surface area contributed by atoms with E-state index in [-0.39, 0.29) is 12.7 Å². The molecule has 2 aliphatic rings. The standard InChI is InChI=1S/C20H23F2N3O2/c1-13-9-15-10-17(3-4-18(15)27-13)26-11-16-6-8-25(14(2)24-16)19-5-7-23-12-20(19,21)22/h3-4,6,8-10,14,19,23H,5,7,11-12H2,1-2H3. The molecule has 5 nitrogen and oxygen atoms in total. The van der Waals surface area contributed by atoms with Gasteiger partial charge in [0.2, 0.25) is 0 Å². The Kier molecular flexibility index (Phi) is 4.63. The van der Waals surface area contributed by atoms with Crippen molar-refractivity contribution in [2.24, 2.45) is 4.99 Å². The molecule has 2 aliphatic heterocycles. The molecular weight excluding hydrogens is 352 g/mol. The van der Waals surface area contributed by atoms with E-state index in [1.54, 1.807) is 17.2 Å². The minimum Gasteiger partial charge on any atom is -0.487 e. The molecule has 0 aliphatic carbocycles. The fourth-order valence-corrected chi connectivity index (χ4v) is 3.69. The first-order valence-corrected chi connectivity index (χ1v) is 9.16. The number of alkyl halides is 2. The third kappa shape index (κ3) is 3.69. The minimum atomic E-state index is -2.77. The lowest BCUT2D eigenvalue weighted by Gasteiger charge is -2.42. The van der Waals surface area contributed by atoms with Gasteiger partial charge in [-0.15, -0.1) is 0 Å². The number of piperidine rings is 1. The normalized spacial score (nSPS) is 24.9. The Morgan fingerprint density at radius 3 is 3.00 bits per heavy atom. The van der Waals surface area contributed by atoms with E-state index in [2.05, 4.69) is 10.3 Å². The van der Waals surface area contributed by atoms with Crippen LogP contribution in [0.2, 0.25) is 0 Å². The Labute approximate surface area is 156 Å². The number of hydrogen-bond donors (Lipinski definition) is 1. The van der Waals surface area contributed by atoms with Gasteiger partial charge in [-0.05, 0) is 57.2 Å². The predicted octanol–water partition coefficient (Wildman–Crippen LogP) is 3.73. The molecule has 0 saturated carbocycles. The minimum absolute atomic E-state index is 0.287. The van der Waals surface area contributed by atoms with Crippen LogP contribution < -0.4 is 10.1 Å². The number of aryl methyl sites for hydroxylation is 1. The first kappa shape index (κ1) is 18.0. The van der Waals surface area contributed by atoms with Gasteiger partial charge in [-0.2, -0.15) is 0 Å². The Bertz CT molecular complexity index is 890. The second kappa shape index (κ2) is 6.96. The van der Waals surface area contributed by atoms with Gasteiger partial charge in [0.25, 0.3) is 5.92 Å². The lowest BCUT2D eigenvalue weighted by Crippen LogP contribution is -2.58. The summed E-state index contributed by atoms with van der Waals surface area (Å²) in [6, 6.07) is 6.77. The van der Waals surface area contributed by atoms with Crippen LogP contribution in [0.5, 0.6) is 5.75 Å². The number of nitrogens with zero attached hydrogens (tertiary/aromatic N) is 2. The van der Waals surface area contributed by atoms with Crippen molar-refractivity contribution < 1.29 is 17.9 Å². The lowest BCUT2D eigenvalue weighted by atomic mass is 10.00. The number of halogens is 2. The summed E-state index contributed by atoms with van der Waals surface area (Å²) >= 11 is 0. The summed E-state index contributed by atoms with van der Waals surface area (Å²) in [5.74, 6) is -1.19. The molecular formula is C20H23F2N3O2. The first-order chi connectivity index (χ1) is 12.9. The van der Waals surface area contributed by atoms with E-state index in [0.717, 1.165) is 28.2 Å². The number of rotatable bonds is 4. The average molecular weight is 375 g/mol. The largest absolute Gasteiger partial charge is 0.487 e. The Morgan fingerprint density at radius 2 is 2.22 bits per heavy atom. The van der Waals surface area contributed by atoms with Gasteiger partial charge < -0.3 is 19.4 Å². The molecule has 1 N–H and O–H groups in total. The van der Waals surface area contributed by atoms with Gasteiger partial charge in [0.15, 0.2) is 0 Å². The molecule has 0 bridgehead atoms.